The zero-order valence-corrected chi connectivity index (χ0v) is 7.77. The number of nitrogens with two attached hydrogens (primary N) is 1. The summed E-state index contributed by atoms with van der Waals surface area (Å²) >= 11 is 0. The van der Waals surface area contributed by atoms with Gasteiger partial charge in [-0.2, -0.15) is 13.2 Å². The average molecular weight is 227 g/mol. The summed E-state index contributed by atoms with van der Waals surface area (Å²) in [4.78, 5) is 10.2. The Morgan fingerprint density at radius 2 is 2.00 bits per heavy atom. The smallest absolute Gasteiger partial charge is 0.419 e. The zero-order chi connectivity index (χ0) is 12.1. The molecule has 0 fully saturated rings. The molecule has 0 aromatic rings. The molecule has 0 spiro atoms. The molecule has 0 radical (unpaired) electrons. The van der Waals surface area contributed by atoms with Crippen molar-refractivity contribution in [2.24, 2.45) is 5.73 Å². The molecule has 7 heteroatoms. The van der Waals surface area contributed by atoms with Gasteiger partial charge in [0.2, 0.25) is 0 Å². The SMILES string of the molecule is CCO/C=C/C(=C(/F)C(N)=O)C(F)(F)F. The first kappa shape index (κ1) is 13.5. The summed E-state index contributed by atoms with van der Waals surface area (Å²) in [7, 11) is 0. The molecule has 15 heavy (non-hydrogen) atoms. The fourth-order valence-corrected chi connectivity index (χ4v) is 0.637. The number of halogens is 4. The minimum absolute atomic E-state index is 0.125. The Morgan fingerprint density at radius 3 is 2.33 bits per heavy atom. The first-order chi connectivity index (χ1) is 6.80. The average Bonchev–Trinajstić information content (AvgIpc) is 2.09. The third-order valence-corrected chi connectivity index (χ3v) is 1.26. The van der Waals surface area contributed by atoms with Crippen LogP contribution in [-0.4, -0.2) is 18.7 Å². The largest absolute Gasteiger partial charge is 0.501 e. The van der Waals surface area contributed by atoms with Crippen molar-refractivity contribution in [2.75, 3.05) is 6.61 Å². The van der Waals surface area contributed by atoms with Gasteiger partial charge in [-0.3, -0.25) is 4.79 Å². The van der Waals surface area contributed by atoms with Crippen LogP contribution in [0.4, 0.5) is 17.6 Å². The maximum absolute atomic E-state index is 12.7. The van der Waals surface area contributed by atoms with E-state index in [0.29, 0.717) is 12.3 Å². The second kappa shape index (κ2) is 5.38. The van der Waals surface area contributed by atoms with Crippen molar-refractivity contribution in [1.29, 1.82) is 0 Å². The van der Waals surface area contributed by atoms with Crippen LogP contribution in [0.5, 0.6) is 0 Å². The van der Waals surface area contributed by atoms with Gasteiger partial charge in [0.05, 0.1) is 18.4 Å². The van der Waals surface area contributed by atoms with E-state index in [1.54, 1.807) is 0 Å². The molecular weight excluding hydrogens is 218 g/mol. The van der Waals surface area contributed by atoms with E-state index < -0.39 is 23.5 Å². The quantitative estimate of drug-likeness (QED) is 0.344. The first-order valence-corrected chi connectivity index (χ1v) is 3.85. The van der Waals surface area contributed by atoms with E-state index in [9.17, 15) is 22.4 Å². The molecule has 0 aromatic carbocycles. The number of alkyl halides is 3. The van der Waals surface area contributed by atoms with E-state index in [-0.39, 0.29) is 6.61 Å². The Labute approximate surface area is 83.2 Å². The van der Waals surface area contributed by atoms with Gasteiger partial charge in [-0.25, -0.2) is 4.39 Å². The molecule has 0 heterocycles. The van der Waals surface area contributed by atoms with Crippen LogP contribution in [0.1, 0.15) is 6.92 Å². The number of ether oxygens (including phenoxy) is 1. The number of primary amides is 1. The molecular formula is C8H9F4NO2. The summed E-state index contributed by atoms with van der Waals surface area (Å²) in [5, 5.41) is 0. The summed E-state index contributed by atoms with van der Waals surface area (Å²) in [6.45, 7) is 1.66. The zero-order valence-electron chi connectivity index (χ0n) is 7.77. The lowest BCUT2D eigenvalue weighted by atomic mass is 10.2. The maximum Gasteiger partial charge on any atom is 0.419 e. The van der Waals surface area contributed by atoms with E-state index in [1.807, 2.05) is 0 Å². The van der Waals surface area contributed by atoms with Gasteiger partial charge in [0, 0.05) is 0 Å². The van der Waals surface area contributed by atoms with E-state index >= 15 is 0 Å². The molecule has 3 nitrogen and oxygen atoms in total. The fraction of sp³-hybridized carbons (Fsp3) is 0.375. The minimum atomic E-state index is -4.99. The van der Waals surface area contributed by atoms with E-state index in [0.717, 1.165) is 0 Å². The predicted octanol–water partition coefficient (Wildman–Crippen LogP) is 1.81. The molecule has 2 N–H and O–H groups in total. The van der Waals surface area contributed by atoms with E-state index in [2.05, 4.69) is 10.5 Å². The number of amides is 1. The number of hydrogen-bond donors (Lipinski definition) is 1. The number of rotatable bonds is 4. The Kier molecular flexibility index (Phi) is 4.83. The van der Waals surface area contributed by atoms with Crippen molar-refractivity contribution in [1.82, 2.24) is 0 Å². The van der Waals surface area contributed by atoms with Crippen LogP contribution in [0.3, 0.4) is 0 Å². The van der Waals surface area contributed by atoms with Gasteiger partial charge >= 0.3 is 6.18 Å². The summed E-state index contributed by atoms with van der Waals surface area (Å²) in [5.41, 5.74) is 2.63. The van der Waals surface area contributed by atoms with Gasteiger partial charge < -0.3 is 10.5 Å². The Hall–Kier alpha value is -1.53. The topological polar surface area (TPSA) is 52.3 Å². The third-order valence-electron chi connectivity index (χ3n) is 1.26. The molecule has 0 aliphatic heterocycles. The highest BCUT2D eigenvalue weighted by atomic mass is 19.4. The molecule has 0 atom stereocenters. The first-order valence-electron chi connectivity index (χ1n) is 3.85. The van der Waals surface area contributed by atoms with Crippen molar-refractivity contribution in [3.05, 3.63) is 23.7 Å². The van der Waals surface area contributed by atoms with Gasteiger partial charge in [-0.1, -0.05) is 0 Å². The van der Waals surface area contributed by atoms with Crippen LogP contribution in [0.25, 0.3) is 0 Å². The van der Waals surface area contributed by atoms with Crippen molar-refractivity contribution >= 4 is 5.91 Å². The van der Waals surface area contributed by atoms with Gasteiger partial charge in [0.1, 0.15) is 0 Å². The number of carbonyl (C=O) groups is 1. The van der Waals surface area contributed by atoms with Crippen molar-refractivity contribution < 1.29 is 27.1 Å². The predicted molar refractivity (Wildman–Crippen MR) is 44.1 cm³/mol. The van der Waals surface area contributed by atoms with Crippen LogP contribution >= 0.6 is 0 Å². The highest BCUT2D eigenvalue weighted by Crippen LogP contribution is 2.29. The highest BCUT2D eigenvalue weighted by molar-refractivity contribution is 5.91. The molecule has 0 aliphatic rings. The number of carbonyl (C=O) groups excluding carboxylic acids is 1. The summed E-state index contributed by atoms with van der Waals surface area (Å²) in [6.07, 6.45) is -4.04. The Morgan fingerprint density at radius 1 is 1.47 bits per heavy atom. The Balaban J connectivity index is 5.08. The molecule has 0 unspecified atom stereocenters. The second-order valence-corrected chi connectivity index (χ2v) is 2.35. The lowest BCUT2D eigenvalue weighted by molar-refractivity contribution is -0.118. The summed E-state index contributed by atoms with van der Waals surface area (Å²) in [6, 6.07) is 0. The second-order valence-electron chi connectivity index (χ2n) is 2.35. The minimum Gasteiger partial charge on any atom is -0.501 e. The molecule has 0 saturated heterocycles. The standard InChI is InChI=1S/C8H9F4NO2/c1-2-15-4-3-5(8(10,11)12)6(9)7(13)14/h3-4H,2H2,1H3,(H2,13,14)/b4-3+,6-5-. The Bertz CT molecular complexity index is 294. The van der Waals surface area contributed by atoms with E-state index in [4.69, 9.17) is 0 Å². The molecule has 0 saturated carbocycles. The summed E-state index contributed by atoms with van der Waals surface area (Å²) < 4.78 is 53.6. The molecule has 0 aromatic heterocycles. The third kappa shape index (κ3) is 4.48. The number of allylic oxidation sites excluding steroid dienone is 2. The molecule has 0 bridgehead atoms. The van der Waals surface area contributed by atoms with Gasteiger partial charge in [0.25, 0.3) is 5.91 Å². The highest BCUT2D eigenvalue weighted by Gasteiger charge is 2.36. The van der Waals surface area contributed by atoms with Crippen LogP contribution in [-0.2, 0) is 9.53 Å². The van der Waals surface area contributed by atoms with Gasteiger partial charge in [-0.05, 0) is 13.0 Å². The molecule has 86 valence electrons. The van der Waals surface area contributed by atoms with Gasteiger partial charge in [-0.15, -0.1) is 0 Å². The van der Waals surface area contributed by atoms with Crippen molar-refractivity contribution in [2.45, 2.75) is 13.1 Å². The monoisotopic (exact) mass is 227 g/mol. The van der Waals surface area contributed by atoms with E-state index in [1.165, 1.54) is 6.92 Å². The summed E-state index contributed by atoms with van der Waals surface area (Å²) in [5.74, 6) is -3.82. The molecule has 0 rings (SSSR count). The fourth-order valence-electron chi connectivity index (χ4n) is 0.637. The van der Waals surface area contributed by atoms with Crippen LogP contribution in [0.15, 0.2) is 23.7 Å². The van der Waals surface area contributed by atoms with Crippen molar-refractivity contribution in [3.63, 3.8) is 0 Å². The van der Waals surface area contributed by atoms with Crippen LogP contribution in [0, 0.1) is 0 Å². The maximum atomic E-state index is 12.7. The van der Waals surface area contributed by atoms with Crippen LogP contribution < -0.4 is 5.73 Å². The normalized spacial score (nSPS) is 13.9. The number of hydrogen-bond acceptors (Lipinski definition) is 2. The molecule has 1 amide bonds. The van der Waals surface area contributed by atoms with Crippen LogP contribution in [0.2, 0.25) is 0 Å². The lowest BCUT2D eigenvalue weighted by Gasteiger charge is -2.07. The lowest BCUT2D eigenvalue weighted by Crippen LogP contribution is -2.19. The van der Waals surface area contributed by atoms with Gasteiger partial charge in [0.15, 0.2) is 5.83 Å². The van der Waals surface area contributed by atoms with Crippen molar-refractivity contribution in [3.8, 4) is 0 Å². The molecule has 0 aliphatic carbocycles.